The van der Waals surface area contributed by atoms with E-state index < -0.39 is 0 Å². The third-order valence-electron chi connectivity index (χ3n) is 3.73. The molecule has 0 aromatic rings. The number of rotatable bonds is 5. The number of hydrogen-bond acceptors (Lipinski definition) is 2. The molecule has 0 spiro atoms. The summed E-state index contributed by atoms with van der Waals surface area (Å²) in [5.41, 5.74) is 0. The zero-order chi connectivity index (χ0) is 11.3. The lowest BCUT2D eigenvalue weighted by atomic mass is 9.79. The van der Waals surface area contributed by atoms with E-state index in [0.29, 0.717) is 6.04 Å². The maximum Gasteiger partial charge on any atom is 0.0555 e. The summed E-state index contributed by atoms with van der Waals surface area (Å²) in [4.78, 5) is 2.46. The summed E-state index contributed by atoms with van der Waals surface area (Å²) in [5, 5.41) is 9.76. The van der Waals surface area contributed by atoms with E-state index in [4.69, 9.17) is 0 Å². The van der Waals surface area contributed by atoms with Crippen LogP contribution in [0.1, 0.15) is 52.4 Å². The molecule has 15 heavy (non-hydrogen) atoms. The Balaban J connectivity index is 2.52. The predicted octanol–water partition coefficient (Wildman–Crippen LogP) is 2.66. The first-order valence-corrected chi connectivity index (χ1v) is 6.57. The van der Waals surface area contributed by atoms with Crippen molar-refractivity contribution in [1.82, 2.24) is 4.90 Å². The lowest BCUT2D eigenvalue weighted by Crippen LogP contribution is -2.44. The van der Waals surface area contributed by atoms with Crippen molar-refractivity contribution >= 4 is 0 Å². The molecular formula is C13H27NO. The fourth-order valence-electron chi connectivity index (χ4n) is 2.95. The molecule has 1 aliphatic carbocycles. The lowest BCUT2D eigenvalue weighted by Gasteiger charge is -2.40. The van der Waals surface area contributed by atoms with Gasteiger partial charge in [0.2, 0.25) is 0 Å². The Morgan fingerprint density at radius 3 is 2.53 bits per heavy atom. The van der Waals surface area contributed by atoms with E-state index in [0.717, 1.165) is 25.3 Å². The molecule has 0 radical (unpaired) electrons. The summed E-state index contributed by atoms with van der Waals surface area (Å²) in [7, 11) is 2.22. The van der Waals surface area contributed by atoms with Crippen molar-refractivity contribution in [3.05, 3.63) is 0 Å². The van der Waals surface area contributed by atoms with Gasteiger partial charge in [0.05, 0.1) is 6.10 Å². The summed E-state index contributed by atoms with van der Waals surface area (Å²) in [6.07, 6.45) is 6.98. The van der Waals surface area contributed by atoms with Crippen molar-refractivity contribution in [2.75, 3.05) is 13.6 Å². The van der Waals surface area contributed by atoms with Crippen LogP contribution in [0, 0.1) is 5.92 Å². The first-order valence-electron chi connectivity index (χ1n) is 6.57. The molecule has 0 heterocycles. The summed E-state index contributed by atoms with van der Waals surface area (Å²) < 4.78 is 0. The van der Waals surface area contributed by atoms with Crippen LogP contribution in [0.5, 0.6) is 0 Å². The minimum absolute atomic E-state index is 0.0533. The van der Waals surface area contributed by atoms with Crippen LogP contribution in [0.4, 0.5) is 0 Å². The fourth-order valence-corrected chi connectivity index (χ4v) is 2.95. The summed E-state index contributed by atoms with van der Waals surface area (Å²) in [5.74, 6) is 0.815. The van der Waals surface area contributed by atoms with Crippen molar-refractivity contribution in [2.45, 2.75) is 64.5 Å². The third-order valence-corrected chi connectivity index (χ3v) is 3.73. The van der Waals surface area contributed by atoms with Crippen LogP contribution >= 0.6 is 0 Å². The Bertz CT molecular complexity index is 172. The van der Waals surface area contributed by atoms with Crippen molar-refractivity contribution in [3.63, 3.8) is 0 Å². The molecule has 2 heteroatoms. The topological polar surface area (TPSA) is 23.5 Å². The van der Waals surface area contributed by atoms with E-state index in [1.165, 1.54) is 25.7 Å². The molecule has 0 aliphatic heterocycles. The fraction of sp³-hybridized carbons (Fsp3) is 1.00. The van der Waals surface area contributed by atoms with E-state index >= 15 is 0 Å². The molecule has 1 rings (SSSR count). The van der Waals surface area contributed by atoms with E-state index in [1.54, 1.807) is 0 Å². The molecule has 1 saturated carbocycles. The van der Waals surface area contributed by atoms with Crippen LogP contribution in [-0.2, 0) is 0 Å². The highest BCUT2D eigenvalue weighted by molar-refractivity contribution is 4.85. The molecule has 0 saturated heterocycles. The van der Waals surface area contributed by atoms with E-state index in [2.05, 4.69) is 25.8 Å². The molecule has 1 N–H and O–H groups in total. The van der Waals surface area contributed by atoms with E-state index in [1.807, 2.05) is 0 Å². The Hall–Kier alpha value is -0.0800. The maximum absolute atomic E-state index is 9.76. The average Bonchev–Trinajstić information content (AvgIpc) is 2.21. The molecule has 0 bridgehead atoms. The van der Waals surface area contributed by atoms with Crippen molar-refractivity contribution < 1.29 is 5.11 Å². The summed E-state index contributed by atoms with van der Waals surface area (Å²) >= 11 is 0. The highest BCUT2D eigenvalue weighted by Gasteiger charge is 2.31. The minimum atomic E-state index is -0.0533. The van der Waals surface area contributed by atoms with Crippen LogP contribution in [-0.4, -0.2) is 35.7 Å². The van der Waals surface area contributed by atoms with Gasteiger partial charge in [-0.05, 0) is 51.6 Å². The SMILES string of the molecule is CCCC1CCC(O)CC1N(C)CCC. The molecule has 90 valence electrons. The second-order valence-corrected chi connectivity index (χ2v) is 5.06. The average molecular weight is 213 g/mol. The zero-order valence-corrected chi connectivity index (χ0v) is 10.6. The van der Waals surface area contributed by atoms with Crippen molar-refractivity contribution in [1.29, 1.82) is 0 Å². The first kappa shape index (κ1) is 13.0. The number of aliphatic hydroxyl groups excluding tert-OH is 1. The van der Waals surface area contributed by atoms with Crippen LogP contribution in [0.3, 0.4) is 0 Å². The Morgan fingerprint density at radius 1 is 1.20 bits per heavy atom. The monoisotopic (exact) mass is 213 g/mol. The van der Waals surface area contributed by atoms with Gasteiger partial charge >= 0.3 is 0 Å². The van der Waals surface area contributed by atoms with Gasteiger partial charge in [-0.2, -0.15) is 0 Å². The molecule has 3 atom stereocenters. The second kappa shape index (κ2) is 6.49. The van der Waals surface area contributed by atoms with E-state index in [-0.39, 0.29) is 6.10 Å². The highest BCUT2D eigenvalue weighted by Crippen LogP contribution is 2.31. The van der Waals surface area contributed by atoms with Crippen LogP contribution < -0.4 is 0 Å². The Kier molecular flexibility index (Phi) is 5.62. The molecule has 1 fully saturated rings. The molecular weight excluding hydrogens is 186 g/mol. The molecule has 0 aromatic heterocycles. The molecule has 2 nitrogen and oxygen atoms in total. The van der Waals surface area contributed by atoms with Crippen LogP contribution in [0.15, 0.2) is 0 Å². The second-order valence-electron chi connectivity index (χ2n) is 5.06. The molecule has 1 aliphatic rings. The van der Waals surface area contributed by atoms with Crippen molar-refractivity contribution in [2.24, 2.45) is 5.92 Å². The van der Waals surface area contributed by atoms with Gasteiger partial charge in [0.1, 0.15) is 0 Å². The Labute approximate surface area is 94.7 Å². The van der Waals surface area contributed by atoms with Gasteiger partial charge in [0, 0.05) is 6.04 Å². The summed E-state index contributed by atoms with van der Waals surface area (Å²) in [6.45, 7) is 5.66. The van der Waals surface area contributed by atoms with Gasteiger partial charge in [0.15, 0.2) is 0 Å². The van der Waals surface area contributed by atoms with Gasteiger partial charge in [-0.3, -0.25) is 0 Å². The molecule has 3 unspecified atom stereocenters. The molecule has 0 amide bonds. The van der Waals surface area contributed by atoms with Crippen LogP contribution in [0.2, 0.25) is 0 Å². The predicted molar refractivity (Wildman–Crippen MR) is 65.0 cm³/mol. The maximum atomic E-state index is 9.76. The van der Waals surface area contributed by atoms with E-state index in [9.17, 15) is 5.11 Å². The minimum Gasteiger partial charge on any atom is -0.393 e. The number of nitrogens with zero attached hydrogens (tertiary/aromatic N) is 1. The third kappa shape index (κ3) is 3.76. The molecule has 0 aromatic carbocycles. The van der Waals surface area contributed by atoms with Crippen LogP contribution in [0.25, 0.3) is 0 Å². The first-order chi connectivity index (χ1) is 7.19. The quantitative estimate of drug-likeness (QED) is 0.759. The lowest BCUT2D eigenvalue weighted by molar-refractivity contribution is 0.0348. The van der Waals surface area contributed by atoms with Gasteiger partial charge in [-0.15, -0.1) is 0 Å². The normalized spacial score (nSPS) is 32.2. The largest absolute Gasteiger partial charge is 0.393 e. The Morgan fingerprint density at radius 2 is 1.93 bits per heavy atom. The highest BCUT2D eigenvalue weighted by atomic mass is 16.3. The van der Waals surface area contributed by atoms with Crippen molar-refractivity contribution in [3.8, 4) is 0 Å². The van der Waals surface area contributed by atoms with Gasteiger partial charge in [-0.1, -0.05) is 20.3 Å². The standard InChI is InChI=1S/C13H27NO/c1-4-6-11-7-8-12(15)10-13(11)14(3)9-5-2/h11-13,15H,4-10H2,1-3H3. The van der Waals surface area contributed by atoms with Gasteiger partial charge in [-0.25, -0.2) is 0 Å². The summed E-state index contributed by atoms with van der Waals surface area (Å²) in [6, 6.07) is 0.619. The number of aliphatic hydroxyl groups is 1. The smallest absolute Gasteiger partial charge is 0.0555 e. The van der Waals surface area contributed by atoms with Gasteiger partial charge < -0.3 is 10.0 Å². The number of hydrogen-bond donors (Lipinski definition) is 1. The van der Waals surface area contributed by atoms with Gasteiger partial charge in [0.25, 0.3) is 0 Å². The zero-order valence-electron chi connectivity index (χ0n) is 10.6.